The molecule has 1 fully saturated rings. The molecule has 3 rings (SSSR count). The lowest BCUT2D eigenvalue weighted by Gasteiger charge is -2.33. The third kappa shape index (κ3) is 7.19. The van der Waals surface area contributed by atoms with Gasteiger partial charge in [0.25, 0.3) is 11.3 Å². The van der Waals surface area contributed by atoms with E-state index in [1.165, 1.54) is 18.2 Å². The number of benzene rings is 1. The highest BCUT2D eigenvalue weighted by Gasteiger charge is 2.34. The number of pyridine rings is 1. The van der Waals surface area contributed by atoms with Crippen molar-refractivity contribution in [2.45, 2.75) is 58.7 Å². The van der Waals surface area contributed by atoms with Gasteiger partial charge in [0.15, 0.2) is 0 Å². The van der Waals surface area contributed by atoms with Gasteiger partial charge in [0, 0.05) is 31.7 Å². The number of aromatic nitrogens is 1. The Hall–Kier alpha value is -2.73. The molecule has 1 aliphatic heterocycles. The second-order valence-electron chi connectivity index (χ2n) is 9.33. The van der Waals surface area contributed by atoms with E-state index in [4.69, 9.17) is 0 Å². The Morgan fingerprint density at radius 3 is 2.51 bits per heavy atom. The summed E-state index contributed by atoms with van der Waals surface area (Å²) < 4.78 is 76.7. The first-order chi connectivity index (χ1) is 17.4. The molecule has 2 atom stereocenters. The maximum atomic E-state index is 14.8. The molecular weight excluding hydrogens is 512 g/mol. The highest BCUT2D eigenvalue weighted by atomic mass is 32.2. The average Bonchev–Trinajstić information content (AvgIpc) is 2.85. The molecule has 2 unspecified atom stereocenters. The monoisotopic (exact) mass is 544 g/mol. The summed E-state index contributed by atoms with van der Waals surface area (Å²) in [5.41, 5.74) is -0.212. The molecule has 37 heavy (non-hydrogen) atoms. The Morgan fingerprint density at radius 1 is 1.27 bits per heavy atom. The largest absolute Gasteiger partial charge is 0.433 e. The predicted molar refractivity (Wildman–Crippen MR) is 135 cm³/mol. The number of nitrogens with zero attached hydrogens (tertiary/aromatic N) is 3. The quantitative estimate of drug-likeness (QED) is 0.333. The van der Waals surface area contributed by atoms with Crippen molar-refractivity contribution in [3.05, 3.63) is 53.0 Å². The number of amides is 1. The molecule has 204 valence electrons. The van der Waals surface area contributed by atoms with Crippen molar-refractivity contribution in [2.24, 2.45) is 5.92 Å². The molecule has 0 aliphatic carbocycles. The number of piperidine rings is 1. The lowest BCUT2D eigenvalue weighted by atomic mass is 9.98. The van der Waals surface area contributed by atoms with Gasteiger partial charge in [-0.05, 0) is 55.9 Å². The summed E-state index contributed by atoms with van der Waals surface area (Å²) in [6.07, 6.45) is -2.38. The summed E-state index contributed by atoms with van der Waals surface area (Å²) in [7, 11) is 0. The molecule has 2 aromatic rings. The number of hydrogen-bond acceptors (Lipinski definition) is 4. The smallest absolute Gasteiger partial charge is 0.356 e. The minimum atomic E-state index is -4.58. The number of alkyl halides is 3. The van der Waals surface area contributed by atoms with Crippen LogP contribution in [-0.4, -0.2) is 39.3 Å². The minimum Gasteiger partial charge on any atom is -0.356 e. The zero-order valence-electron chi connectivity index (χ0n) is 21.0. The van der Waals surface area contributed by atoms with Crippen LogP contribution >= 0.6 is 0 Å². The average molecular weight is 545 g/mol. The summed E-state index contributed by atoms with van der Waals surface area (Å²) in [6, 6.07) is 6.25. The van der Waals surface area contributed by atoms with E-state index in [1.807, 2.05) is 4.90 Å². The molecular formula is C25H32F4N4O3S. The summed E-state index contributed by atoms with van der Waals surface area (Å²) in [5.74, 6) is -1.27. The SMILES string of the molecule is CCCN(c1ccc(C(C)C(=O)NCc2ccc(C(F)(F)F)nc2N2CCC(C)CC2)cc1F)S(=O)O. The molecule has 1 aliphatic rings. The van der Waals surface area contributed by atoms with Gasteiger partial charge < -0.3 is 10.2 Å². The first-order valence-electron chi connectivity index (χ1n) is 12.2. The van der Waals surface area contributed by atoms with Gasteiger partial charge in [0.2, 0.25) is 5.91 Å². The van der Waals surface area contributed by atoms with Crippen molar-refractivity contribution in [3.8, 4) is 0 Å². The third-order valence-electron chi connectivity index (χ3n) is 6.53. The van der Waals surface area contributed by atoms with E-state index in [2.05, 4.69) is 17.2 Å². The van der Waals surface area contributed by atoms with Crippen LogP contribution in [0.2, 0.25) is 0 Å². The number of halogens is 4. The summed E-state index contributed by atoms with van der Waals surface area (Å²) in [6.45, 7) is 6.76. The van der Waals surface area contributed by atoms with Crippen LogP contribution in [0.15, 0.2) is 30.3 Å². The molecule has 0 spiro atoms. The molecule has 2 heterocycles. The molecule has 0 saturated carbocycles. The summed E-state index contributed by atoms with van der Waals surface area (Å²) in [5, 5.41) is 2.73. The maximum Gasteiger partial charge on any atom is 0.433 e. The number of anilines is 2. The number of rotatable bonds is 9. The van der Waals surface area contributed by atoms with Crippen LogP contribution in [-0.2, 0) is 28.8 Å². The van der Waals surface area contributed by atoms with Crippen molar-refractivity contribution >= 4 is 28.7 Å². The van der Waals surface area contributed by atoms with E-state index >= 15 is 0 Å². The number of nitrogens with one attached hydrogen (secondary N) is 1. The first-order valence-corrected chi connectivity index (χ1v) is 13.3. The first kappa shape index (κ1) is 28.8. The van der Waals surface area contributed by atoms with Gasteiger partial charge in [-0.25, -0.2) is 13.6 Å². The molecule has 0 bridgehead atoms. The molecule has 7 nitrogen and oxygen atoms in total. The van der Waals surface area contributed by atoms with Crippen molar-refractivity contribution in [1.29, 1.82) is 0 Å². The number of hydrogen-bond donors (Lipinski definition) is 2. The van der Waals surface area contributed by atoms with Gasteiger partial charge in [-0.15, -0.1) is 0 Å². The van der Waals surface area contributed by atoms with E-state index in [-0.39, 0.29) is 24.6 Å². The van der Waals surface area contributed by atoms with E-state index < -0.39 is 40.8 Å². The summed E-state index contributed by atoms with van der Waals surface area (Å²) >= 11 is -2.40. The minimum absolute atomic E-state index is 0.0377. The summed E-state index contributed by atoms with van der Waals surface area (Å²) in [4.78, 5) is 18.6. The Bertz CT molecular complexity index is 1120. The lowest BCUT2D eigenvalue weighted by molar-refractivity contribution is -0.141. The Balaban J connectivity index is 1.76. The number of carbonyl (C=O) groups is 1. The molecule has 1 aromatic carbocycles. The normalized spacial score (nSPS) is 16.4. The molecule has 1 amide bonds. The Labute approximate surface area is 216 Å². The standard InChI is InChI=1S/C25H32F4N4O3S/c1-4-11-33(37(35)36)21-7-5-18(14-20(21)26)17(3)24(34)30-15-19-6-8-22(25(27,28)29)31-23(19)32-12-9-16(2)10-13-32/h5-8,14,16-17H,4,9-13,15H2,1-3H3,(H,30,34)(H,35,36). The van der Waals surface area contributed by atoms with Crippen molar-refractivity contribution in [3.63, 3.8) is 0 Å². The van der Waals surface area contributed by atoms with Gasteiger partial charge in [-0.1, -0.05) is 26.0 Å². The molecule has 12 heteroatoms. The van der Waals surface area contributed by atoms with Crippen LogP contribution in [0.5, 0.6) is 0 Å². The zero-order chi connectivity index (χ0) is 27.3. The van der Waals surface area contributed by atoms with Gasteiger partial charge in [-0.2, -0.15) is 13.2 Å². The van der Waals surface area contributed by atoms with Gasteiger partial charge in [0.05, 0.1) is 11.6 Å². The van der Waals surface area contributed by atoms with Crippen molar-refractivity contribution < 1.29 is 31.1 Å². The van der Waals surface area contributed by atoms with Crippen LogP contribution in [0.4, 0.5) is 29.1 Å². The van der Waals surface area contributed by atoms with Crippen molar-refractivity contribution in [1.82, 2.24) is 10.3 Å². The van der Waals surface area contributed by atoms with E-state index in [1.54, 1.807) is 13.8 Å². The fraction of sp³-hybridized carbons (Fsp3) is 0.520. The van der Waals surface area contributed by atoms with Gasteiger partial charge >= 0.3 is 6.18 Å². The van der Waals surface area contributed by atoms with Crippen molar-refractivity contribution in [2.75, 3.05) is 28.8 Å². The van der Waals surface area contributed by atoms with Crippen LogP contribution < -0.4 is 14.5 Å². The van der Waals surface area contributed by atoms with E-state index in [0.717, 1.165) is 29.3 Å². The molecule has 2 N–H and O–H groups in total. The highest BCUT2D eigenvalue weighted by Crippen LogP contribution is 2.32. The zero-order valence-corrected chi connectivity index (χ0v) is 21.8. The van der Waals surface area contributed by atoms with Gasteiger partial charge in [0.1, 0.15) is 17.3 Å². The fourth-order valence-electron chi connectivity index (χ4n) is 4.23. The van der Waals surface area contributed by atoms with E-state index in [9.17, 15) is 31.1 Å². The predicted octanol–water partition coefficient (Wildman–Crippen LogP) is 5.25. The van der Waals surface area contributed by atoms with Crippen LogP contribution in [0, 0.1) is 11.7 Å². The molecule has 0 radical (unpaired) electrons. The molecule has 1 aromatic heterocycles. The lowest BCUT2D eigenvalue weighted by Crippen LogP contribution is -2.35. The second-order valence-corrected chi connectivity index (χ2v) is 10.2. The second kappa shape index (κ2) is 12.2. The van der Waals surface area contributed by atoms with Crippen LogP contribution in [0.3, 0.4) is 0 Å². The highest BCUT2D eigenvalue weighted by molar-refractivity contribution is 7.80. The van der Waals surface area contributed by atoms with Crippen LogP contribution in [0.25, 0.3) is 0 Å². The van der Waals surface area contributed by atoms with Crippen LogP contribution in [0.1, 0.15) is 62.8 Å². The topological polar surface area (TPSA) is 85.8 Å². The van der Waals surface area contributed by atoms with Gasteiger partial charge in [-0.3, -0.25) is 13.7 Å². The number of carbonyl (C=O) groups excluding carboxylic acids is 1. The Morgan fingerprint density at radius 2 is 1.95 bits per heavy atom. The maximum absolute atomic E-state index is 14.8. The van der Waals surface area contributed by atoms with E-state index in [0.29, 0.717) is 36.6 Å². The fourth-order valence-corrected chi connectivity index (χ4v) is 4.89. The Kier molecular flexibility index (Phi) is 9.51. The third-order valence-corrected chi connectivity index (χ3v) is 7.29. The molecule has 1 saturated heterocycles.